The topological polar surface area (TPSA) is 24.1 Å². The highest BCUT2D eigenvalue weighted by Crippen LogP contribution is 2.09. The fourth-order valence-corrected chi connectivity index (χ4v) is 1.91. The minimum absolute atomic E-state index is 0.214. The van der Waals surface area contributed by atoms with Crippen molar-refractivity contribution in [2.75, 3.05) is 0 Å². The first kappa shape index (κ1) is 19.8. The fraction of sp³-hybridized carbons (Fsp3) is 0.300. The fourth-order valence-electron chi connectivity index (χ4n) is 1.91. The Labute approximate surface area is 136 Å². The molecule has 120 valence electrons. The van der Waals surface area contributed by atoms with Gasteiger partial charge in [-0.1, -0.05) is 56.5 Å². The average molecular weight is 298 g/mol. The summed E-state index contributed by atoms with van der Waals surface area (Å²) in [5, 5.41) is 6.42. The first-order chi connectivity index (χ1) is 10.5. The molecule has 0 aromatic heterocycles. The Balaban J connectivity index is 4.60. The molecule has 2 nitrogen and oxygen atoms in total. The molecular formula is C20H30N2. The molecule has 1 unspecified atom stereocenters. The van der Waals surface area contributed by atoms with Gasteiger partial charge < -0.3 is 10.6 Å². The summed E-state index contributed by atoms with van der Waals surface area (Å²) < 4.78 is 0. The Kier molecular flexibility index (Phi) is 10.3. The van der Waals surface area contributed by atoms with Gasteiger partial charge in [-0.15, -0.1) is 6.58 Å². The maximum absolute atomic E-state index is 3.99. The molecule has 0 radical (unpaired) electrons. The summed E-state index contributed by atoms with van der Waals surface area (Å²) in [5.41, 5.74) is 3.03. The van der Waals surface area contributed by atoms with E-state index < -0.39 is 0 Å². The molecular weight excluding hydrogens is 268 g/mol. The third-order valence-corrected chi connectivity index (χ3v) is 3.03. The lowest BCUT2D eigenvalue weighted by Crippen LogP contribution is -2.24. The van der Waals surface area contributed by atoms with Gasteiger partial charge in [0.15, 0.2) is 0 Å². The van der Waals surface area contributed by atoms with E-state index in [1.54, 1.807) is 0 Å². The van der Waals surface area contributed by atoms with Crippen LogP contribution in [0.15, 0.2) is 85.1 Å². The molecule has 0 saturated carbocycles. The van der Waals surface area contributed by atoms with Gasteiger partial charge in [0.2, 0.25) is 0 Å². The van der Waals surface area contributed by atoms with E-state index >= 15 is 0 Å². The predicted octanol–water partition coefficient (Wildman–Crippen LogP) is 5.35. The molecule has 0 saturated heterocycles. The summed E-state index contributed by atoms with van der Waals surface area (Å²) in [6, 6.07) is 0. The largest absolute Gasteiger partial charge is 0.343 e. The molecule has 0 heterocycles. The van der Waals surface area contributed by atoms with Crippen LogP contribution in [-0.2, 0) is 0 Å². The third-order valence-electron chi connectivity index (χ3n) is 3.03. The molecule has 0 rings (SSSR count). The van der Waals surface area contributed by atoms with Gasteiger partial charge in [-0.25, -0.2) is 0 Å². The zero-order valence-electron chi connectivity index (χ0n) is 14.4. The summed E-state index contributed by atoms with van der Waals surface area (Å²) in [6.45, 7) is 20.0. The van der Waals surface area contributed by atoms with Crippen LogP contribution in [-0.4, -0.2) is 0 Å². The van der Waals surface area contributed by atoms with Gasteiger partial charge in [0.05, 0.1) is 0 Å². The normalized spacial score (nSPS) is 14.2. The maximum atomic E-state index is 3.99. The number of allylic oxidation sites excluding steroid dienone is 8. The Morgan fingerprint density at radius 2 is 1.82 bits per heavy atom. The maximum Gasteiger partial charge on any atom is 0.100 e. The van der Waals surface area contributed by atoms with Gasteiger partial charge in [0, 0.05) is 17.3 Å². The Morgan fingerprint density at radius 3 is 2.32 bits per heavy atom. The molecule has 0 fully saturated rings. The minimum atomic E-state index is 0.214. The molecule has 0 aromatic rings. The van der Waals surface area contributed by atoms with Gasteiger partial charge in [-0.3, -0.25) is 0 Å². The lowest BCUT2D eigenvalue weighted by atomic mass is 10.1. The molecule has 0 aliphatic carbocycles. The SMILES string of the molecule is C=CC(C=CC)/C=C\C(=C)NC(=C)NC(=C/C)/C(C)=C\CC. The number of hydrogen-bond acceptors (Lipinski definition) is 2. The molecule has 2 N–H and O–H groups in total. The molecule has 1 atom stereocenters. The van der Waals surface area contributed by atoms with E-state index in [1.807, 2.05) is 44.2 Å². The van der Waals surface area contributed by atoms with Crippen molar-refractivity contribution in [3.05, 3.63) is 85.1 Å². The van der Waals surface area contributed by atoms with Gasteiger partial charge in [0.1, 0.15) is 5.82 Å². The van der Waals surface area contributed by atoms with Crippen LogP contribution in [0.1, 0.15) is 34.1 Å². The van der Waals surface area contributed by atoms with Gasteiger partial charge in [-0.2, -0.15) is 0 Å². The molecule has 2 heteroatoms. The van der Waals surface area contributed by atoms with E-state index in [9.17, 15) is 0 Å². The van der Waals surface area contributed by atoms with Crippen LogP contribution in [0, 0.1) is 5.92 Å². The zero-order valence-corrected chi connectivity index (χ0v) is 14.4. The smallest absolute Gasteiger partial charge is 0.100 e. The molecule has 0 bridgehead atoms. The monoisotopic (exact) mass is 298 g/mol. The second-order valence-electron chi connectivity index (χ2n) is 4.95. The summed E-state index contributed by atoms with van der Waals surface area (Å²) >= 11 is 0. The van der Waals surface area contributed by atoms with Gasteiger partial charge >= 0.3 is 0 Å². The third kappa shape index (κ3) is 8.15. The van der Waals surface area contributed by atoms with Crippen LogP contribution in [0.3, 0.4) is 0 Å². The van der Waals surface area contributed by atoms with Crippen LogP contribution < -0.4 is 10.6 Å². The second kappa shape index (κ2) is 11.4. The van der Waals surface area contributed by atoms with Crippen molar-refractivity contribution >= 4 is 0 Å². The molecule has 0 aliphatic rings. The van der Waals surface area contributed by atoms with Crippen molar-refractivity contribution < 1.29 is 0 Å². The van der Waals surface area contributed by atoms with Crippen molar-refractivity contribution in [3.8, 4) is 0 Å². The Morgan fingerprint density at radius 1 is 1.14 bits per heavy atom. The molecule has 22 heavy (non-hydrogen) atoms. The van der Waals surface area contributed by atoms with Crippen molar-refractivity contribution in [1.29, 1.82) is 0 Å². The van der Waals surface area contributed by atoms with Gasteiger partial charge in [0.25, 0.3) is 0 Å². The first-order valence-corrected chi connectivity index (χ1v) is 7.67. The number of rotatable bonds is 10. The summed E-state index contributed by atoms with van der Waals surface area (Å²) in [7, 11) is 0. The van der Waals surface area contributed by atoms with Crippen LogP contribution in [0.5, 0.6) is 0 Å². The van der Waals surface area contributed by atoms with Crippen LogP contribution >= 0.6 is 0 Å². The van der Waals surface area contributed by atoms with Crippen molar-refractivity contribution in [3.63, 3.8) is 0 Å². The van der Waals surface area contributed by atoms with E-state index in [2.05, 4.69) is 56.4 Å². The average Bonchev–Trinajstić information content (AvgIpc) is 2.49. The first-order valence-electron chi connectivity index (χ1n) is 7.67. The highest BCUT2D eigenvalue weighted by atomic mass is 15.1. The molecule has 0 aliphatic heterocycles. The highest BCUT2D eigenvalue weighted by Gasteiger charge is 2.01. The standard InChI is InChI=1S/C20H30N2/c1-8-12-16(5)20(11-4)22-18(7)21-17(6)14-15-19(10-3)13-9-2/h9-15,19,21-22H,3,6-8H2,1-2,4-5H3/b13-9?,15-14-,16-12-,20-11+. The lowest BCUT2D eigenvalue weighted by molar-refractivity contribution is 0.851. The molecule has 0 spiro atoms. The van der Waals surface area contributed by atoms with E-state index in [-0.39, 0.29) is 5.92 Å². The van der Waals surface area contributed by atoms with Crippen molar-refractivity contribution in [2.24, 2.45) is 5.92 Å². The predicted molar refractivity (Wildman–Crippen MR) is 100.0 cm³/mol. The van der Waals surface area contributed by atoms with E-state index in [0.29, 0.717) is 5.82 Å². The molecule has 0 aromatic carbocycles. The number of nitrogens with one attached hydrogen (secondary N) is 2. The van der Waals surface area contributed by atoms with Crippen LogP contribution in [0.25, 0.3) is 0 Å². The van der Waals surface area contributed by atoms with Gasteiger partial charge in [-0.05, 0) is 38.8 Å². The Bertz CT molecular complexity index is 502. The lowest BCUT2D eigenvalue weighted by Gasteiger charge is -2.15. The van der Waals surface area contributed by atoms with E-state index in [1.165, 1.54) is 5.57 Å². The van der Waals surface area contributed by atoms with E-state index in [4.69, 9.17) is 0 Å². The van der Waals surface area contributed by atoms with Crippen LogP contribution in [0.4, 0.5) is 0 Å². The molecule has 0 amide bonds. The highest BCUT2D eigenvalue weighted by molar-refractivity contribution is 5.30. The summed E-state index contributed by atoms with van der Waals surface area (Å²) in [5.74, 6) is 0.915. The zero-order chi connectivity index (χ0) is 17.0. The van der Waals surface area contributed by atoms with E-state index in [0.717, 1.165) is 17.8 Å². The Hall–Kier alpha value is -2.22. The van der Waals surface area contributed by atoms with Crippen LogP contribution in [0.2, 0.25) is 0 Å². The van der Waals surface area contributed by atoms with Crippen molar-refractivity contribution in [1.82, 2.24) is 10.6 Å². The minimum Gasteiger partial charge on any atom is -0.343 e. The second-order valence-corrected chi connectivity index (χ2v) is 4.95. The van der Waals surface area contributed by atoms with Crippen molar-refractivity contribution in [2.45, 2.75) is 34.1 Å². The summed E-state index contributed by atoms with van der Waals surface area (Å²) in [6.07, 6.45) is 15.2. The quantitative estimate of drug-likeness (QED) is 0.420. The summed E-state index contributed by atoms with van der Waals surface area (Å²) in [4.78, 5) is 0. The number of hydrogen-bond donors (Lipinski definition) is 2.